The van der Waals surface area contributed by atoms with Crippen LogP contribution in [0.1, 0.15) is 25.3 Å². The lowest BCUT2D eigenvalue weighted by Crippen LogP contribution is -2.30. The number of benzene rings is 1. The van der Waals surface area contributed by atoms with Gasteiger partial charge >= 0.3 is 5.97 Å². The minimum atomic E-state index is -0.746. The van der Waals surface area contributed by atoms with Gasteiger partial charge in [0.1, 0.15) is 12.2 Å². The Morgan fingerprint density at radius 1 is 1.42 bits per heavy atom. The third-order valence-corrected chi connectivity index (χ3v) is 3.44. The fraction of sp³-hybridized carbons (Fsp3) is 0.533. The first-order valence-electron chi connectivity index (χ1n) is 6.71. The van der Waals surface area contributed by atoms with Gasteiger partial charge in [-0.25, -0.2) is 0 Å². The van der Waals surface area contributed by atoms with E-state index in [1.807, 2.05) is 37.3 Å². The molecule has 0 bridgehead atoms. The van der Waals surface area contributed by atoms with E-state index in [1.165, 1.54) is 0 Å². The van der Waals surface area contributed by atoms with Gasteiger partial charge in [0.05, 0.1) is 19.1 Å². The summed E-state index contributed by atoms with van der Waals surface area (Å²) >= 11 is 0. The molecule has 1 aliphatic rings. The number of hydrogen-bond acceptors (Lipinski definition) is 4. The molecule has 0 unspecified atom stereocenters. The van der Waals surface area contributed by atoms with Crippen molar-refractivity contribution in [3.8, 4) is 0 Å². The van der Waals surface area contributed by atoms with Crippen molar-refractivity contribution in [3.05, 3.63) is 35.9 Å². The number of esters is 1. The van der Waals surface area contributed by atoms with Crippen molar-refractivity contribution in [2.24, 2.45) is 5.92 Å². The lowest BCUT2D eigenvalue weighted by molar-refractivity contribution is -0.149. The largest absolute Gasteiger partial charge is 0.459 e. The van der Waals surface area contributed by atoms with E-state index in [1.54, 1.807) is 0 Å². The second-order valence-corrected chi connectivity index (χ2v) is 4.88. The van der Waals surface area contributed by atoms with Crippen LogP contribution < -0.4 is 0 Å². The molecule has 3 atom stereocenters. The average molecular weight is 264 g/mol. The zero-order chi connectivity index (χ0) is 13.7. The molecule has 1 heterocycles. The number of aliphatic hydroxyl groups excluding tert-OH is 1. The Morgan fingerprint density at radius 3 is 2.79 bits per heavy atom. The summed E-state index contributed by atoms with van der Waals surface area (Å²) in [5, 5.41) is 9.96. The highest BCUT2D eigenvalue weighted by Crippen LogP contribution is 2.26. The van der Waals surface area contributed by atoms with Gasteiger partial charge in [-0.15, -0.1) is 0 Å². The maximum Gasteiger partial charge on any atom is 0.309 e. The summed E-state index contributed by atoms with van der Waals surface area (Å²) in [6, 6.07) is 9.77. The number of carbonyl (C=O) groups is 1. The molecule has 0 amide bonds. The Kier molecular flexibility index (Phi) is 4.93. The molecule has 1 aliphatic heterocycles. The molecule has 2 rings (SSSR count). The molecule has 1 aromatic carbocycles. The Balaban J connectivity index is 1.73. The number of ether oxygens (including phenoxy) is 2. The Hall–Kier alpha value is -1.39. The number of carbonyl (C=O) groups excluding carboxylic acids is 1. The minimum Gasteiger partial charge on any atom is -0.459 e. The zero-order valence-electron chi connectivity index (χ0n) is 11.1. The van der Waals surface area contributed by atoms with Crippen LogP contribution in [-0.2, 0) is 20.9 Å². The maximum absolute atomic E-state index is 11.4. The summed E-state index contributed by atoms with van der Waals surface area (Å²) in [5.74, 6) is -0.275. The molecule has 1 aromatic rings. The summed E-state index contributed by atoms with van der Waals surface area (Å²) in [5.41, 5.74) is 1.06. The van der Waals surface area contributed by atoms with Crippen molar-refractivity contribution in [2.75, 3.05) is 6.61 Å². The molecule has 1 saturated heterocycles. The monoisotopic (exact) mass is 264 g/mol. The Morgan fingerprint density at radius 2 is 2.16 bits per heavy atom. The van der Waals surface area contributed by atoms with E-state index in [2.05, 4.69) is 0 Å². The van der Waals surface area contributed by atoms with Gasteiger partial charge < -0.3 is 14.6 Å². The van der Waals surface area contributed by atoms with Crippen LogP contribution in [0.2, 0.25) is 0 Å². The van der Waals surface area contributed by atoms with E-state index in [-0.39, 0.29) is 18.5 Å². The molecular weight excluding hydrogens is 244 g/mol. The number of aliphatic hydroxyl groups is 1. The van der Waals surface area contributed by atoms with Crippen LogP contribution in [0, 0.1) is 5.92 Å². The van der Waals surface area contributed by atoms with Crippen molar-refractivity contribution >= 4 is 5.97 Å². The number of rotatable bonds is 6. The van der Waals surface area contributed by atoms with Crippen molar-refractivity contribution in [2.45, 2.75) is 38.6 Å². The quantitative estimate of drug-likeness (QED) is 0.797. The van der Waals surface area contributed by atoms with Crippen LogP contribution in [0.3, 0.4) is 0 Å². The van der Waals surface area contributed by atoms with Crippen LogP contribution in [0.5, 0.6) is 0 Å². The molecule has 4 nitrogen and oxygen atoms in total. The highest BCUT2D eigenvalue weighted by molar-refractivity contribution is 5.74. The lowest BCUT2D eigenvalue weighted by Gasteiger charge is -2.17. The van der Waals surface area contributed by atoms with E-state index < -0.39 is 12.2 Å². The lowest BCUT2D eigenvalue weighted by atomic mass is 10.00. The Labute approximate surface area is 113 Å². The van der Waals surface area contributed by atoms with Crippen LogP contribution >= 0.6 is 0 Å². The van der Waals surface area contributed by atoms with Crippen molar-refractivity contribution in [1.29, 1.82) is 0 Å². The second-order valence-electron chi connectivity index (χ2n) is 4.88. The van der Waals surface area contributed by atoms with Crippen LogP contribution in [0.4, 0.5) is 0 Å². The number of cyclic esters (lactones) is 1. The fourth-order valence-corrected chi connectivity index (χ4v) is 2.22. The molecule has 4 heteroatoms. The first-order valence-corrected chi connectivity index (χ1v) is 6.71. The van der Waals surface area contributed by atoms with Gasteiger partial charge in [-0.2, -0.15) is 0 Å². The average Bonchev–Trinajstić information content (AvgIpc) is 2.81. The van der Waals surface area contributed by atoms with Crippen LogP contribution in [0.25, 0.3) is 0 Å². The normalized spacial score (nSPS) is 24.2. The molecule has 104 valence electrons. The first kappa shape index (κ1) is 14.0. The third kappa shape index (κ3) is 3.78. The minimum absolute atomic E-state index is 0.0752. The highest BCUT2D eigenvalue weighted by Gasteiger charge is 2.37. The second kappa shape index (κ2) is 6.68. The van der Waals surface area contributed by atoms with Gasteiger partial charge in [-0.05, 0) is 12.0 Å². The van der Waals surface area contributed by atoms with E-state index in [9.17, 15) is 9.90 Å². The van der Waals surface area contributed by atoms with Crippen LogP contribution in [0.15, 0.2) is 30.3 Å². The van der Waals surface area contributed by atoms with Gasteiger partial charge in [-0.3, -0.25) is 4.79 Å². The summed E-state index contributed by atoms with van der Waals surface area (Å²) < 4.78 is 10.6. The van der Waals surface area contributed by atoms with Gasteiger partial charge in [0.15, 0.2) is 0 Å². The summed E-state index contributed by atoms with van der Waals surface area (Å²) in [6.45, 7) is 2.59. The molecule has 19 heavy (non-hydrogen) atoms. The first-order chi connectivity index (χ1) is 9.20. The predicted molar refractivity (Wildman–Crippen MR) is 70.4 cm³/mol. The van der Waals surface area contributed by atoms with Gasteiger partial charge in [0.25, 0.3) is 0 Å². The summed E-state index contributed by atoms with van der Waals surface area (Å²) in [6.07, 6.45) is 0.176. The molecule has 0 saturated carbocycles. The zero-order valence-corrected chi connectivity index (χ0v) is 11.1. The molecule has 0 aromatic heterocycles. The van der Waals surface area contributed by atoms with Gasteiger partial charge in [0.2, 0.25) is 0 Å². The van der Waals surface area contributed by atoms with E-state index in [0.29, 0.717) is 13.0 Å². The van der Waals surface area contributed by atoms with Crippen molar-refractivity contribution in [3.63, 3.8) is 0 Å². The molecule has 1 fully saturated rings. The van der Waals surface area contributed by atoms with E-state index in [0.717, 1.165) is 12.0 Å². The van der Waals surface area contributed by atoms with Crippen molar-refractivity contribution < 1.29 is 19.4 Å². The molecule has 0 radical (unpaired) electrons. The predicted octanol–water partition coefficient (Wildman–Crippen LogP) is 1.91. The molecule has 0 aliphatic carbocycles. The maximum atomic E-state index is 11.4. The highest BCUT2D eigenvalue weighted by atomic mass is 16.6. The smallest absolute Gasteiger partial charge is 0.309 e. The fourth-order valence-electron chi connectivity index (χ4n) is 2.22. The molecule has 1 N–H and O–H groups in total. The molecular formula is C15H20O4. The van der Waals surface area contributed by atoms with E-state index >= 15 is 0 Å². The topological polar surface area (TPSA) is 55.8 Å². The van der Waals surface area contributed by atoms with Gasteiger partial charge in [0, 0.05) is 6.42 Å². The summed E-state index contributed by atoms with van der Waals surface area (Å²) in [4.78, 5) is 11.4. The van der Waals surface area contributed by atoms with Crippen molar-refractivity contribution in [1.82, 2.24) is 0 Å². The standard InChI is InChI=1S/C15H20O4/c1-2-12-8-14(19-15(12)17)13(16)10-18-9-11-6-4-3-5-7-11/h3-7,12-14,16H,2,8-10H2,1H3/t12-,13-,14+/m1/s1. The number of hydrogen-bond donors (Lipinski definition) is 1. The Bertz CT molecular complexity index is 404. The van der Waals surface area contributed by atoms with Gasteiger partial charge in [-0.1, -0.05) is 37.3 Å². The van der Waals surface area contributed by atoms with E-state index in [4.69, 9.17) is 9.47 Å². The third-order valence-electron chi connectivity index (χ3n) is 3.44. The SMILES string of the molecule is CC[C@@H]1C[C@@H]([C@H](O)COCc2ccccc2)OC1=O. The molecule has 0 spiro atoms. The summed E-state index contributed by atoms with van der Waals surface area (Å²) in [7, 11) is 0. The van der Waals surface area contributed by atoms with Crippen LogP contribution in [-0.4, -0.2) is 29.9 Å².